The second kappa shape index (κ2) is 8.13. The molecule has 20 heavy (non-hydrogen) atoms. The number of hydrogen-bond donors (Lipinski definition) is 0. The Morgan fingerprint density at radius 3 is 2.70 bits per heavy atom. The van der Waals surface area contributed by atoms with Crippen molar-refractivity contribution < 1.29 is 0 Å². The molecule has 0 aromatic heterocycles. The van der Waals surface area contributed by atoms with E-state index < -0.39 is 0 Å². The molecule has 112 valence electrons. The van der Waals surface area contributed by atoms with Gasteiger partial charge in [0.05, 0.1) is 0 Å². The predicted molar refractivity (Wildman–Crippen MR) is 101 cm³/mol. The zero-order chi connectivity index (χ0) is 14.5. The Hall–Kier alpha value is 0.380. The van der Waals surface area contributed by atoms with Crippen molar-refractivity contribution in [3.05, 3.63) is 33.4 Å². The Morgan fingerprint density at radius 2 is 2.00 bits per heavy atom. The highest BCUT2D eigenvalue weighted by atomic mass is 127. The minimum atomic E-state index is 0.872. The smallest absolute Gasteiger partial charge is 0.0162 e. The molecule has 1 aromatic carbocycles. The molecule has 0 bridgehead atoms. The average molecular weight is 402 g/mol. The standard InChI is InChI=1S/C18H28IP/c1-13(2)16-9-8-14(3)12-18(16)20-11-10-15-6-4-5-7-17(15)19/h4-7,13-14,16,18,20H,8-12H2,1-3H3/t14-,16+,18?/m0/s1. The first-order valence-corrected chi connectivity index (χ1v) is 10.4. The Balaban J connectivity index is 1.86. The SMILES string of the molecule is CC(C)[C@H]1CC[C@H](C)CC1PCCc1ccccc1I. The first-order chi connectivity index (χ1) is 9.58. The Bertz CT molecular complexity index is 416. The fourth-order valence-electron chi connectivity index (χ4n) is 3.53. The third-order valence-electron chi connectivity index (χ3n) is 4.78. The summed E-state index contributed by atoms with van der Waals surface area (Å²) in [5.41, 5.74) is 2.55. The topological polar surface area (TPSA) is 0 Å². The van der Waals surface area contributed by atoms with Crippen molar-refractivity contribution in [3.63, 3.8) is 0 Å². The molecule has 1 aliphatic carbocycles. The van der Waals surface area contributed by atoms with Gasteiger partial charge in [-0.3, -0.25) is 0 Å². The highest BCUT2D eigenvalue weighted by molar-refractivity contribution is 14.1. The maximum atomic E-state index is 2.48. The second-order valence-electron chi connectivity index (χ2n) is 6.73. The lowest BCUT2D eigenvalue weighted by Gasteiger charge is -2.37. The molecule has 0 nitrogen and oxygen atoms in total. The van der Waals surface area contributed by atoms with Gasteiger partial charge in [-0.05, 0) is 83.1 Å². The zero-order valence-corrected chi connectivity index (χ0v) is 16.2. The summed E-state index contributed by atoms with van der Waals surface area (Å²) in [6, 6.07) is 8.86. The molecule has 2 heteroatoms. The van der Waals surface area contributed by atoms with E-state index in [0.29, 0.717) is 0 Å². The molecular weight excluding hydrogens is 374 g/mol. The number of hydrogen-bond acceptors (Lipinski definition) is 0. The van der Waals surface area contributed by atoms with E-state index in [1.807, 2.05) is 0 Å². The van der Waals surface area contributed by atoms with Gasteiger partial charge in [0.2, 0.25) is 0 Å². The minimum absolute atomic E-state index is 0.872. The molecule has 2 unspecified atom stereocenters. The summed E-state index contributed by atoms with van der Waals surface area (Å²) in [4.78, 5) is 0. The lowest BCUT2D eigenvalue weighted by molar-refractivity contribution is 0.242. The van der Waals surface area contributed by atoms with E-state index in [-0.39, 0.29) is 0 Å². The van der Waals surface area contributed by atoms with E-state index in [1.54, 1.807) is 5.56 Å². The van der Waals surface area contributed by atoms with Crippen LogP contribution in [0.1, 0.15) is 45.6 Å². The van der Waals surface area contributed by atoms with Gasteiger partial charge in [-0.25, -0.2) is 0 Å². The summed E-state index contributed by atoms with van der Waals surface area (Å²) in [7, 11) is 1.16. The van der Waals surface area contributed by atoms with Crippen LogP contribution in [-0.2, 0) is 6.42 Å². The lowest BCUT2D eigenvalue weighted by Crippen LogP contribution is -2.29. The van der Waals surface area contributed by atoms with E-state index in [4.69, 9.17) is 0 Å². The first-order valence-electron chi connectivity index (χ1n) is 8.04. The third kappa shape index (κ3) is 4.70. The van der Waals surface area contributed by atoms with Gasteiger partial charge in [0.25, 0.3) is 0 Å². The second-order valence-corrected chi connectivity index (χ2v) is 9.54. The molecule has 1 aliphatic rings. The molecule has 2 rings (SSSR count). The molecule has 1 saturated carbocycles. The maximum Gasteiger partial charge on any atom is 0.0162 e. The van der Waals surface area contributed by atoms with E-state index in [9.17, 15) is 0 Å². The van der Waals surface area contributed by atoms with Crippen LogP contribution in [0.5, 0.6) is 0 Å². The minimum Gasteiger partial charge on any atom is -0.118 e. The molecule has 0 radical (unpaired) electrons. The molecule has 4 atom stereocenters. The molecule has 0 aliphatic heterocycles. The largest absolute Gasteiger partial charge is 0.118 e. The van der Waals surface area contributed by atoms with Crippen molar-refractivity contribution in [2.45, 2.75) is 52.1 Å². The van der Waals surface area contributed by atoms with Crippen LogP contribution >= 0.6 is 31.2 Å². The van der Waals surface area contributed by atoms with Crippen LogP contribution in [0, 0.1) is 21.3 Å². The molecule has 0 amide bonds. The van der Waals surface area contributed by atoms with Crippen molar-refractivity contribution in [3.8, 4) is 0 Å². The van der Waals surface area contributed by atoms with Gasteiger partial charge in [0.15, 0.2) is 0 Å². The van der Waals surface area contributed by atoms with Gasteiger partial charge >= 0.3 is 0 Å². The number of benzene rings is 1. The van der Waals surface area contributed by atoms with Gasteiger partial charge in [-0.2, -0.15) is 0 Å². The van der Waals surface area contributed by atoms with E-state index in [1.165, 1.54) is 35.4 Å². The van der Waals surface area contributed by atoms with Crippen LogP contribution < -0.4 is 0 Å². The van der Waals surface area contributed by atoms with Crippen LogP contribution in [0.4, 0.5) is 0 Å². The van der Waals surface area contributed by atoms with Crippen LogP contribution in [0.25, 0.3) is 0 Å². The van der Waals surface area contributed by atoms with Crippen LogP contribution in [0.2, 0.25) is 0 Å². The summed E-state index contributed by atoms with van der Waals surface area (Å²) in [5, 5.41) is 0. The molecule has 1 aromatic rings. The van der Waals surface area contributed by atoms with Crippen LogP contribution in [-0.4, -0.2) is 11.8 Å². The maximum absolute atomic E-state index is 2.48. The van der Waals surface area contributed by atoms with Crippen molar-refractivity contribution in [2.75, 3.05) is 6.16 Å². The average Bonchev–Trinajstić information content (AvgIpc) is 2.41. The lowest BCUT2D eigenvalue weighted by atomic mass is 9.77. The molecule has 0 heterocycles. The van der Waals surface area contributed by atoms with Crippen molar-refractivity contribution in [1.29, 1.82) is 0 Å². The summed E-state index contributed by atoms with van der Waals surface area (Å²) in [5.74, 6) is 2.82. The molecule has 0 N–H and O–H groups in total. The van der Waals surface area contributed by atoms with E-state index >= 15 is 0 Å². The quantitative estimate of drug-likeness (QED) is 0.420. The van der Waals surface area contributed by atoms with Gasteiger partial charge < -0.3 is 0 Å². The van der Waals surface area contributed by atoms with Crippen molar-refractivity contribution >= 4 is 31.2 Å². The molecular formula is C18H28IP. The van der Waals surface area contributed by atoms with Gasteiger partial charge in [-0.1, -0.05) is 45.4 Å². The van der Waals surface area contributed by atoms with E-state index in [2.05, 4.69) is 67.6 Å². The van der Waals surface area contributed by atoms with Crippen LogP contribution in [0.3, 0.4) is 0 Å². The van der Waals surface area contributed by atoms with E-state index in [0.717, 1.165) is 32.0 Å². The van der Waals surface area contributed by atoms with Crippen LogP contribution in [0.15, 0.2) is 24.3 Å². The summed E-state index contributed by atoms with van der Waals surface area (Å²) in [6.07, 6.45) is 7.07. The molecule has 1 fully saturated rings. The summed E-state index contributed by atoms with van der Waals surface area (Å²) < 4.78 is 1.44. The zero-order valence-electron chi connectivity index (χ0n) is 13.0. The Kier molecular flexibility index (Phi) is 6.81. The Morgan fingerprint density at radius 1 is 1.25 bits per heavy atom. The van der Waals surface area contributed by atoms with Gasteiger partial charge in [0.1, 0.15) is 0 Å². The monoisotopic (exact) mass is 402 g/mol. The Labute approximate surface area is 140 Å². The van der Waals surface area contributed by atoms with Crippen molar-refractivity contribution in [2.24, 2.45) is 17.8 Å². The molecule has 0 saturated heterocycles. The number of aryl methyl sites for hydroxylation is 1. The number of rotatable bonds is 5. The highest BCUT2D eigenvalue weighted by Crippen LogP contribution is 2.43. The third-order valence-corrected chi connectivity index (χ3v) is 7.56. The van der Waals surface area contributed by atoms with Crippen molar-refractivity contribution in [1.82, 2.24) is 0 Å². The normalized spacial score (nSPS) is 27.6. The molecule has 0 spiro atoms. The highest BCUT2D eigenvalue weighted by Gasteiger charge is 2.30. The fraction of sp³-hybridized carbons (Fsp3) is 0.667. The number of halogens is 1. The summed E-state index contributed by atoms with van der Waals surface area (Å²) >= 11 is 2.48. The predicted octanol–water partition coefficient (Wildman–Crippen LogP) is 5.97. The van der Waals surface area contributed by atoms with Gasteiger partial charge in [-0.15, -0.1) is 8.58 Å². The van der Waals surface area contributed by atoms with Gasteiger partial charge in [0, 0.05) is 3.57 Å². The fourth-order valence-corrected chi connectivity index (χ4v) is 6.40. The summed E-state index contributed by atoms with van der Waals surface area (Å²) in [6.45, 7) is 7.31. The first kappa shape index (κ1) is 16.7.